The summed E-state index contributed by atoms with van der Waals surface area (Å²) in [5.41, 5.74) is -1.39. The molecular weight excluding hydrogens is 752 g/mol. The van der Waals surface area contributed by atoms with Crippen molar-refractivity contribution in [2.24, 2.45) is 0 Å². The highest BCUT2D eigenvalue weighted by Gasteiger charge is 2.53. The number of esters is 1. The number of fused-ring (bicyclic) bond motifs is 1. The topological polar surface area (TPSA) is 336 Å². The molecule has 6 rings (SSSR count). The first-order valence-electron chi connectivity index (χ1n) is 16.6. The Morgan fingerprint density at radius 1 is 0.696 bits per heavy atom. The van der Waals surface area contributed by atoms with Crippen molar-refractivity contribution in [3.8, 4) is 51.6 Å². The first-order chi connectivity index (χ1) is 26.6. The van der Waals surface area contributed by atoms with E-state index in [2.05, 4.69) is 0 Å². The van der Waals surface area contributed by atoms with Crippen molar-refractivity contribution in [1.29, 1.82) is 0 Å². The summed E-state index contributed by atoms with van der Waals surface area (Å²) in [6.07, 6.45) is -17.2. The van der Waals surface area contributed by atoms with Gasteiger partial charge in [-0.1, -0.05) is 6.07 Å². The maximum Gasteiger partial charge on any atom is 0.331 e. The summed E-state index contributed by atoms with van der Waals surface area (Å²) in [6, 6.07) is 8.60. The molecule has 12 N–H and O–H groups in total. The van der Waals surface area contributed by atoms with Crippen molar-refractivity contribution >= 4 is 23.0 Å². The third kappa shape index (κ3) is 7.86. The van der Waals surface area contributed by atoms with Crippen LogP contribution < -0.4 is 10.2 Å². The van der Waals surface area contributed by atoms with Crippen LogP contribution in [0.4, 0.5) is 0 Å². The number of rotatable bonds is 10. The Bertz CT molecular complexity index is 2170. The van der Waals surface area contributed by atoms with E-state index in [-0.39, 0.29) is 16.7 Å². The molecule has 0 amide bonds. The van der Waals surface area contributed by atoms with Crippen LogP contribution in [0.5, 0.6) is 40.2 Å². The Kier molecular flexibility index (Phi) is 11.6. The smallest absolute Gasteiger partial charge is 0.331 e. The van der Waals surface area contributed by atoms with Gasteiger partial charge in [-0.15, -0.1) is 0 Å². The van der Waals surface area contributed by atoms with E-state index in [0.717, 1.165) is 48.6 Å². The molecule has 3 heterocycles. The molecule has 2 fully saturated rings. The van der Waals surface area contributed by atoms with Crippen LogP contribution in [0.2, 0.25) is 0 Å². The van der Waals surface area contributed by atoms with Gasteiger partial charge in [0, 0.05) is 23.8 Å². The molecule has 0 radical (unpaired) electrons. The number of phenolic OH excluding ortho intramolecular Hbond substituents is 6. The number of carbonyl (C=O) groups excluding carboxylic acids is 1. The van der Waals surface area contributed by atoms with E-state index in [1.807, 2.05) is 0 Å². The lowest BCUT2D eigenvalue weighted by atomic mass is 9.97. The highest BCUT2D eigenvalue weighted by molar-refractivity contribution is 5.89. The number of aliphatic hydroxyl groups is 6. The fourth-order valence-electron chi connectivity index (χ4n) is 6.07. The van der Waals surface area contributed by atoms with Crippen LogP contribution in [0.25, 0.3) is 28.4 Å². The highest BCUT2D eigenvalue weighted by atomic mass is 16.8. The Morgan fingerprint density at radius 3 is 1.93 bits per heavy atom. The molecule has 0 saturated carbocycles. The summed E-state index contributed by atoms with van der Waals surface area (Å²) in [6.45, 7) is -1.85. The Hall–Kier alpha value is -5.68. The minimum atomic E-state index is -2.09. The van der Waals surface area contributed by atoms with Gasteiger partial charge in [-0.3, -0.25) is 4.79 Å². The second-order valence-electron chi connectivity index (χ2n) is 12.7. The molecule has 0 unspecified atom stereocenters. The molecule has 20 nitrogen and oxygen atoms in total. The number of hydrogen-bond acceptors (Lipinski definition) is 20. The second kappa shape index (κ2) is 16.2. The molecule has 2 saturated heterocycles. The predicted molar refractivity (Wildman–Crippen MR) is 184 cm³/mol. The Labute approximate surface area is 313 Å². The second-order valence-corrected chi connectivity index (χ2v) is 12.7. The molecule has 2 aliphatic rings. The summed E-state index contributed by atoms with van der Waals surface area (Å²) in [7, 11) is 0. The third-order valence-electron chi connectivity index (χ3n) is 8.99. The monoisotopic (exact) mass is 788 g/mol. The molecule has 4 aromatic rings. The summed E-state index contributed by atoms with van der Waals surface area (Å²) >= 11 is 0. The number of aliphatic hydroxyl groups excluding tert-OH is 6. The molecule has 10 atom stereocenters. The average Bonchev–Trinajstić information content (AvgIpc) is 3.16. The fourth-order valence-corrected chi connectivity index (χ4v) is 6.07. The number of ether oxygens (including phenoxy) is 5. The first kappa shape index (κ1) is 40.0. The van der Waals surface area contributed by atoms with Gasteiger partial charge in [0.05, 0.1) is 13.2 Å². The Balaban J connectivity index is 1.38. The number of carbonyl (C=O) groups is 1. The number of benzene rings is 3. The van der Waals surface area contributed by atoms with Gasteiger partial charge in [0.1, 0.15) is 59.1 Å². The van der Waals surface area contributed by atoms with Crippen molar-refractivity contribution in [2.45, 2.75) is 61.4 Å². The van der Waals surface area contributed by atoms with Crippen LogP contribution in [0, 0.1) is 0 Å². The number of aromatic hydroxyl groups is 6. The SMILES string of the molecule is O=C(/C=C/c1ccc(O)c(O)c1)O[C@H]1[C@H](O[C@H]2[C@H](Oc3c(-c4ccc(O)c(O)c4)oc4cc(O)cc(O)c4c3=O)O[C@H](CO)[C@@H](O)[C@@H]2O)O[C@H](CO)[C@@H](O)[C@@H]1O. The van der Waals surface area contributed by atoms with Crippen LogP contribution in [-0.2, 0) is 23.7 Å². The quantitative estimate of drug-likeness (QED) is 0.0519. The van der Waals surface area contributed by atoms with Gasteiger partial charge in [-0.25, -0.2) is 4.79 Å². The summed E-state index contributed by atoms with van der Waals surface area (Å²) in [5.74, 6) is -5.91. The maximum atomic E-state index is 14.0. The molecule has 56 heavy (non-hydrogen) atoms. The first-order valence-corrected chi connectivity index (χ1v) is 16.6. The summed E-state index contributed by atoms with van der Waals surface area (Å²) in [5, 5.41) is 123. The summed E-state index contributed by atoms with van der Waals surface area (Å²) < 4.78 is 34.3. The van der Waals surface area contributed by atoms with E-state index < -0.39 is 137 Å². The number of phenols is 6. The molecular formula is C36H36O20. The van der Waals surface area contributed by atoms with Gasteiger partial charge in [0.25, 0.3) is 0 Å². The Morgan fingerprint density at radius 2 is 1.30 bits per heavy atom. The van der Waals surface area contributed by atoms with Gasteiger partial charge in [0.15, 0.2) is 47.3 Å². The maximum absolute atomic E-state index is 14.0. The van der Waals surface area contributed by atoms with Crippen molar-refractivity contribution in [1.82, 2.24) is 0 Å². The van der Waals surface area contributed by atoms with Crippen LogP contribution in [-0.4, -0.2) is 142 Å². The van der Waals surface area contributed by atoms with Crippen LogP contribution in [0.1, 0.15) is 5.56 Å². The normalized spacial score (nSPS) is 28.0. The van der Waals surface area contributed by atoms with E-state index in [4.69, 9.17) is 28.1 Å². The van der Waals surface area contributed by atoms with Crippen LogP contribution in [0.3, 0.4) is 0 Å². The molecule has 300 valence electrons. The molecule has 3 aromatic carbocycles. The molecule has 0 bridgehead atoms. The third-order valence-corrected chi connectivity index (χ3v) is 8.99. The van der Waals surface area contributed by atoms with E-state index in [0.29, 0.717) is 0 Å². The van der Waals surface area contributed by atoms with Crippen molar-refractivity contribution < 1.29 is 94.2 Å². The fraction of sp³-hybridized carbons (Fsp3) is 0.333. The lowest BCUT2D eigenvalue weighted by Crippen LogP contribution is -2.65. The summed E-state index contributed by atoms with van der Waals surface area (Å²) in [4.78, 5) is 26.9. The lowest BCUT2D eigenvalue weighted by molar-refractivity contribution is -0.358. The standard InChI is InChI=1S/C36H36O20/c37-11-22-26(46)29(49)33(54-24(45)6-2-13-1-4-16(40)18(42)7-13)35(52-22)56-34-30(50)27(47)23(12-38)53-36(34)55-32-28(48)25-20(44)9-15(39)10-21(25)51-31(32)14-3-5-17(41)19(43)8-14/h1-10,22-23,26-27,29-30,33-44,46-47,49-50H,11-12H2/b6-2+/t22-,23-,26-,27-,29+,30+,33-,34-,35+,36+/m1/s1. The van der Waals surface area contributed by atoms with E-state index in [1.165, 1.54) is 12.1 Å². The zero-order chi connectivity index (χ0) is 40.6. The molecule has 0 aliphatic carbocycles. The average molecular weight is 789 g/mol. The van der Waals surface area contributed by atoms with Crippen LogP contribution in [0.15, 0.2) is 63.8 Å². The number of hydrogen-bond donors (Lipinski definition) is 12. The molecule has 0 spiro atoms. The minimum Gasteiger partial charge on any atom is -0.508 e. The highest BCUT2D eigenvalue weighted by Crippen LogP contribution is 2.40. The molecule has 1 aromatic heterocycles. The van der Waals surface area contributed by atoms with Gasteiger partial charge in [-0.2, -0.15) is 0 Å². The van der Waals surface area contributed by atoms with Gasteiger partial charge < -0.3 is 89.4 Å². The zero-order valence-corrected chi connectivity index (χ0v) is 28.6. The van der Waals surface area contributed by atoms with E-state index in [1.54, 1.807) is 0 Å². The van der Waals surface area contributed by atoms with Gasteiger partial charge in [-0.05, 0) is 42.0 Å². The lowest BCUT2D eigenvalue weighted by Gasteiger charge is -2.46. The van der Waals surface area contributed by atoms with E-state index >= 15 is 0 Å². The van der Waals surface area contributed by atoms with Gasteiger partial charge >= 0.3 is 5.97 Å². The van der Waals surface area contributed by atoms with Crippen molar-refractivity contribution in [3.05, 3.63) is 70.4 Å². The predicted octanol–water partition coefficient (Wildman–Crippen LogP) is -1.04. The largest absolute Gasteiger partial charge is 0.508 e. The van der Waals surface area contributed by atoms with Gasteiger partial charge in [0.2, 0.25) is 17.5 Å². The van der Waals surface area contributed by atoms with Crippen molar-refractivity contribution in [3.63, 3.8) is 0 Å². The zero-order valence-electron chi connectivity index (χ0n) is 28.6. The molecule has 2 aliphatic heterocycles. The minimum absolute atomic E-state index is 0.120. The van der Waals surface area contributed by atoms with E-state index in [9.17, 15) is 70.9 Å². The van der Waals surface area contributed by atoms with Crippen molar-refractivity contribution in [2.75, 3.05) is 13.2 Å². The van der Waals surface area contributed by atoms with Crippen LogP contribution >= 0.6 is 0 Å². The molecule has 20 heteroatoms.